The van der Waals surface area contributed by atoms with E-state index in [1.165, 1.54) is 24.6 Å². The summed E-state index contributed by atoms with van der Waals surface area (Å²) in [6, 6.07) is 6.58. The van der Waals surface area contributed by atoms with E-state index in [0.29, 0.717) is 18.7 Å². The number of amides is 1. The van der Waals surface area contributed by atoms with Crippen LogP contribution in [-0.4, -0.2) is 30.0 Å². The van der Waals surface area contributed by atoms with E-state index < -0.39 is 10.8 Å². The van der Waals surface area contributed by atoms with Crippen molar-refractivity contribution in [2.24, 2.45) is 0 Å². The SMILES string of the molecule is CCN(CC)c1ccc([N+](=O)[O-])cc1/C=C(\C#N)C(=O)NC1CCCCC1. The second-order valence-electron chi connectivity index (χ2n) is 6.65. The van der Waals surface area contributed by atoms with E-state index in [1.807, 2.05) is 24.8 Å². The lowest BCUT2D eigenvalue weighted by Crippen LogP contribution is -2.36. The second kappa shape index (κ2) is 9.72. The van der Waals surface area contributed by atoms with Crippen molar-refractivity contribution in [1.29, 1.82) is 5.26 Å². The van der Waals surface area contributed by atoms with E-state index in [4.69, 9.17) is 0 Å². The summed E-state index contributed by atoms with van der Waals surface area (Å²) in [5, 5.41) is 23.6. The lowest BCUT2D eigenvalue weighted by molar-refractivity contribution is -0.384. The third-order valence-corrected chi connectivity index (χ3v) is 4.93. The highest BCUT2D eigenvalue weighted by Crippen LogP contribution is 2.28. The van der Waals surface area contributed by atoms with Crippen LogP contribution in [0, 0.1) is 21.4 Å². The largest absolute Gasteiger partial charge is 0.372 e. The molecule has 1 saturated carbocycles. The molecule has 1 aliphatic rings. The van der Waals surface area contributed by atoms with Crippen molar-refractivity contribution in [1.82, 2.24) is 5.32 Å². The molecule has 0 unspecified atom stereocenters. The number of hydrogen-bond donors (Lipinski definition) is 1. The maximum atomic E-state index is 12.5. The average molecular weight is 370 g/mol. The number of anilines is 1. The molecule has 0 saturated heterocycles. The molecule has 1 N–H and O–H groups in total. The minimum absolute atomic E-state index is 0.0329. The van der Waals surface area contributed by atoms with Crippen LogP contribution >= 0.6 is 0 Å². The van der Waals surface area contributed by atoms with Crippen LogP contribution in [0.5, 0.6) is 0 Å². The zero-order valence-electron chi connectivity index (χ0n) is 15.9. The molecule has 0 atom stereocenters. The molecular weight excluding hydrogens is 344 g/mol. The molecule has 7 nitrogen and oxygen atoms in total. The number of benzene rings is 1. The number of non-ortho nitro benzene ring substituents is 1. The number of nitriles is 1. The molecule has 0 radical (unpaired) electrons. The maximum absolute atomic E-state index is 12.5. The number of hydrogen-bond acceptors (Lipinski definition) is 5. The first-order chi connectivity index (χ1) is 13.0. The fourth-order valence-corrected chi connectivity index (χ4v) is 3.44. The number of nitrogens with zero attached hydrogens (tertiary/aromatic N) is 3. The second-order valence-corrected chi connectivity index (χ2v) is 6.65. The summed E-state index contributed by atoms with van der Waals surface area (Å²) in [7, 11) is 0. The van der Waals surface area contributed by atoms with Crippen LogP contribution in [0.3, 0.4) is 0 Å². The maximum Gasteiger partial charge on any atom is 0.270 e. The molecule has 2 rings (SSSR count). The first kappa shape index (κ1) is 20.4. The Bertz CT molecular complexity index is 757. The summed E-state index contributed by atoms with van der Waals surface area (Å²) in [5.41, 5.74) is 1.17. The molecule has 1 aliphatic carbocycles. The van der Waals surface area contributed by atoms with Gasteiger partial charge < -0.3 is 10.2 Å². The molecule has 0 bridgehead atoms. The van der Waals surface area contributed by atoms with E-state index in [-0.39, 0.29) is 17.3 Å². The van der Waals surface area contributed by atoms with Crippen molar-refractivity contribution in [2.45, 2.75) is 52.0 Å². The molecule has 0 spiro atoms. The smallest absolute Gasteiger partial charge is 0.270 e. The van der Waals surface area contributed by atoms with Crippen LogP contribution < -0.4 is 10.2 Å². The third kappa shape index (κ3) is 5.30. The van der Waals surface area contributed by atoms with E-state index in [1.54, 1.807) is 6.07 Å². The van der Waals surface area contributed by atoms with Crippen LogP contribution in [0.15, 0.2) is 23.8 Å². The Kier molecular flexibility index (Phi) is 7.35. The number of rotatable bonds is 7. The summed E-state index contributed by atoms with van der Waals surface area (Å²) < 4.78 is 0. The van der Waals surface area contributed by atoms with Crippen LogP contribution in [0.2, 0.25) is 0 Å². The zero-order valence-corrected chi connectivity index (χ0v) is 15.9. The minimum Gasteiger partial charge on any atom is -0.372 e. The Morgan fingerprint density at radius 2 is 2.00 bits per heavy atom. The molecule has 27 heavy (non-hydrogen) atoms. The van der Waals surface area contributed by atoms with Crippen LogP contribution in [-0.2, 0) is 4.79 Å². The van der Waals surface area contributed by atoms with Gasteiger partial charge in [-0.1, -0.05) is 19.3 Å². The molecule has 144 valence electrons. The minimum atomic E-state index is -0.475. The van der Waals surface area contributed by atoms with Gasteiger partial charge in [-0.3, -0.25) is 14.9 Å². The van der Waals surface area contributed by atoms with E-state index in [9.17, 15) is 20.2 Å². The van der Waals surface area contributed by atoms with Gasteiger partial charge in [0.2, 0.25) is 0 Å². The third-order valence-electron chi connectivity index (χ3n) is 4.93. The van der Waals surface area contributed by atoms with Crippen molar-refractivity contribution in [2.75, 3.05) is 18.0 Å². The van der Waals surface area contributed by atoms with Crippen molar-refractivity contribution in [3.8, 4) is 6.07 Å². The highest BCUT2D eigenvalue weighted by atomic mass is 16.6. The van der Waals surface area contributed by atoms with Gasteiger partial charge in [-0.25, -0.2) is 0 Å². The van der Waals surface area contributed by atoms with E-state index >= 15 is 0 Å². The van der Waals surface area contributed by atoms with Crippen LogP contribution in [0.4, 0.5) is 11.4 Å². The lowest BCUT2D eigenvalue weighted by atomic mass is 9.95. The Balaban J connectivity index is 2.36. The van der Waals surface area contributed by atoms with E-state index in [2.05, 4.69) is 5.32 Å². The monoisotopic (exact) mass is 370 g/mol. The van der Waals surface area contributed by atoms with Gasteiger partial charge in [0, 0.05) is 42.5 Å². The molecule has 1 aromatic carbocycles. The molecule has 0 aromatic heterocycles. The van der Waals surface area contributed by atoms with Crippen LogP contribution in [0.1, 0.15) is 51.5 Å². The van der Waals surface area contributed by atoms with Crippen molar-refractivity contribution >= 4 is 23.4 Å². The highest BCUT2D eigenvalue weighted by molar-refractivity contribution is 6.02. The van der Waals surface area contributed by atoms with Crippen molar-refractivity contribution in [3.05, 3.63) is 39.4 Å². The summed E-state index contributed by atoms with van der Waals surface area (Å²) in [5.74, 6) is -0.415. The lowest BCUT2D eigenvalue weighted by Gasteiger charge is -2.24. The molecule has 1 amide bonds. The summed E-state index contributed by atoms with van der Waals surface area (Å²) in [4.78, 5) is 25.2. The Hall–Kier alpha value is -2.88. The molecule has 7 heteroatoms. The van der Waals surface area contributed by atoms with Crippen molar-refractivity contribution < 1.29 is 9.72 Å². The van der Waals surface area contributed by atoms with Gasteiger partial charge in [0.25, 0.3) is 11.6 Å². The molecule has 1 aromatic rings. The van der Waals surface area contributed by atoms with Gasteiger partial charge in [-0.15, -0.1) is 0 Å². The Labute approximate surface area is 159 Å². The topological polar surface area (TPSA) is 99.3 Å². The van der Waals surface area contributed by atoms with Gasteiger partial charge in [-0.2, -0.15) is 5.26 Å². The van der Waals surface area contributed by atoms with Gasteiger partial charge >= 0.3 is 0 Å². The van der Waals surface area contributed by atoms with Gasteiger partial charge in [0.1, 0.15) is 11.6 Å². The number of carbonyl (C=O) groups is 1. The fraction of sp³-hybridized carbons (Fsp3) is 0.500. The predicted molar refractivity (Wildman–Crippen MR) is 105 cm³/mol. The first-order valence-electron chi connectivity index (χ1n) is 9.46. The van der Waals surface area contributed by atoms with Gasteiger partial charge in [0.15, 0.2) is 0 Å². The summed E-state index contributed by atoms with van der Waals surface area (Å²) in [6.07, 6.45) is 6.63. The fourth-order valence-electron chi connectivity index (χ4n) is 3.44. The quantitative estimate of drug-likeness (QED) is 0.341. The molecule has 0 aliphatic heterocycles. The van der Waals surface area contributed by atoms with Gasteiger partial charge in [0.05, 0.1) is 4.92 Å². The first-order valence-corrected chi connectivity index (χ1v) is 9.46. The number of nitro benzene ring substituents is 1. The van der Waals surface area contributed by atoms with E-state index in [0.717, 1.165) is 31.4 Å². The number of nitrogens with one attached hydrogen (secondary N) is 1. The number of nitro groups is 1. The Morgan fingerprint density at radius 1 is 1.33 bits per heavy atom. The Morgan fingerprint density at radius 3 is 2.56 bits per heavy atom. The molecule has 0 heterocycles. The average Bonchev–Trinajstić information content (AvgIpc) is 2.68. The summed E-state index contributed by atoms with van der Waals surface area (Å²) >= 11 is 0. The highest BCUT2D eigenvalue weighted by Gasteiger charge is 2.20. The summed E-state index contributed by atoms with van der Waals surface area (Å²) in [6.45, 7) is 5.40. The van der Waals surface area contributed by atoms with Gasteiger partial charge in [-0.05, 0) is 38.8 Å². The molecular formula is C20H26N4O3. The standard InChI is InChI=1S/C20H26N4O3/c1-3-23(4-2)19-11-10-18(24(26)27)13-15(19)12-16(14-21)20(25)22-17-8-6-5-7-9-17/h10-13,17H,3-9H2,1-2H3,(H,22,25)/b16-12+. The predicted octanol–water partition coefficient (Wildman–Crippen LogP) is 3.80. The molecule has 1 fully saturated rings. The van der Waals surface area contributed by atoms with Crippen molar-refractivity contribution in [3.63, 3.8) is 0 Å². The number of carbonyl (C=O) groups excluding carboxylic acids is 1. The normalized spacial score (nSPS) is 15.1. The van der Waals surface area contributed by atoms with Crippen LogP contribution in [0.25, 0.3) is 6.08 Å². The zero-order chi connectivity index (χ0) is 19.8.